The topological polar surface area (TPSA) is 62.2 Å². The van der Waals surface area contributed by atoms with Gasteiger partial charge in [-0.2, -0.15) is 0 Å². The third kappa shape index (κ3) is 3.86. The SMILES string of the molecule is COc1ccc2c(c1)C=C(CN1CCC(C(O)CO)CC1)CO2. The summed E-state index contributed by atoms with van der Waals surface area (Å²) in [5, 5.41) is 18.8. The molecule has 1 aromatic carbocycles. The number of fused-ring (bicyclic) bond motifs is 1. The summed E-state index contributed by atoms with van der Waals surface area (Å²) in [5.41, 5.74) is 2.32. The predicted octanol–water partition coefficient (Wildman–Crippen LogP) is 1.54. The number of rotatable bonds is 5. The van der Waals surface area contributed by atoms with Crippen molar-refractivity contribution in [2.75, 3.05) is 40.0 Å². The van der Waals surface area contributed by atoms with Gasteiger partial charge in [0.2, 0.25) is 0 Å². The number of hydrogen-bond acceptors (Lipinski definition) is 5. The molecule has 2 heterocycles. The summed E-state index contributed by atoms with van der Waals surface area (Å²) in [6, 6.07) is 5.86. The maximum atomic E-state index is 9.74. The first-order valence-electron chi connectivity index (χ1n) is 8.21. The fourth-order valence-corrected chi connectivity index (χ4v) is 3.35. The van der Waals surface area contributed by atoms with Gasteiger partial charge < -0.3 is 19.7 Å². The normalized spacial score (nSPS) is 20.4. The summed E-state index contributed by atoms with van der Waals surface area (Å²) >= 11 is 0. The first-order chi connectivity index (χ1) is 11.2. The lowest BCUT2D eigenvalue weighted by Gasteiger charge is -2.34. The van der Waals surface area contributed by atoms with Crippen molar-refractivity contribution < 1.29 is 19.7 Å². The maximum absolute atomic E-state index is 9.74. The van der Waals surface area contributed by atoms with Crippen LogP contribution in [-0.2, 0) is 0 Å². The Bertz CT molecular complexity index is 564. The highest BCUT2D eigenvalue weighted by Gasteiger charge is 2.25. The standard InChI is InChI=1S/C18H25NO4/c1-22-16-2-3-18-15(9-16)8-13(12-23-18)10-19-6-4-14(5-7-19)17(21)11-20/h2-3,8-9,14,17,20-21H,4-7,10-12H2,1H3. The molecule has 3 rings (SSSR count). The van der Waals surface area contributed by atoms with Gasteiger partial charge in [0.15, 0.2) is 0 Å². The molecule has 1 saturated heterocycles. The second-order valence-electron chi connectivity index (χ2n) is 6.36. The minimum atomic E-state index is -0.575. The van der Waals surface area contributed by atoms with E-state index < -0.39 is 6.10 Å². The van der Waals surface area contributed by atoms with Crippen molar-refractivity contribution in [2.24, 2.45) is 5.92 Å². The van der Waals surface area contributed by atoms with Gasteiger partial charge >= 0.3 is 0 Å². The van der Waals surface area contributed by atoms with Crippen LogP contribution in [0.5, 0.6) is 11.5 Å². The van der Waals surface area contributed by atoms with E-state index in [9.17, 15) is 5.11 Å². The highest BCUT2D eigenvalue weighted by atomic mass is 16.5. The number of ether oxygens (including phenoxy) is 2. The summed E-state index contributed by atoms with van der Waals surface area (Å²) in [7, 11) is 1.67. The van der Waals surface area contributed by atoms with Crippen molar-refractivity contribution in [3.8, 4) is 11.5 Å². The molecule has 1 aromatic rings. The Morgan fingerprint density at radius 1 is 1.35 bits per heavy atom. The van der Waals surface area contributed by atoms with E-state index in [4.69, 9.17) is 14.6 Å². The van der Waals surface area contributed by atoms with E-state index in [0.717, 1.165) is 49.5 Å². The van der Waals surface area contributed by atoms with Crippen LogP contribution in [0, 0.1) is 5.92 Å². The van der Waals surface area contributed by atoms with Crippen molar-refractivity contribution in [3.63, 3.8) is 0 Å². The molecule has 0 bridgehead atoms. The first kappa shape index (κ1) is 16.3. The van der Waals surface area contributed by atoms with Gasteiger partial charge in [0.05, 0.1) is 19.8 Å². The lowest BCUT2D eigenvalue weighted by molar-refractivity contribution is 0.0195. The van der Waals surface area contributed by atoms with Crippen molar-refractivity contribution in [1.82, 2.24) is 4.90 Å². The summed E-state index contributed by atoms with van der Waals surface area (Å²) < 4.78 is 11.1. The molecule has 1 unspecified atom stereocenters. The molecule has 2 aliphatic heterocycles. The van der Waals surface area contributed by atoms with Crippen molar-refractivity contribution in [1.29, 1.82) is 0 Å². The highest BCUT2D eigenvalue weighted by molar-refractivity contribution is 5.64. The minimum Gasteiger partial charge on any atom is -0.497 e. The van der Waals surface area contributed by atoms with E-state index in [-0.39, 0.29) is 12.5 Å². The fourth-order valence-electron chi connectivity index (χ4n) is 3.35. The van der Waals surface area contributed by atoms with E-state index in [2.05, 4.69) is 11.0 Å². The van der Waals surface area contributed by atoms with E-state index >= 15 is 0 Å². The van der Waals surface area contributed by atoms with Gasteiger partial charge in [-0.1, -0.05) is 0 Å². The molecule has 0 spiro atoms. The van der Waals surface area contributed by atoms with E-state index in [0.29, 0.717) is 6.61 Å². The number of hydrogen-bond donors (Lipinski definition) is 2. The van der Waals surface area contributed by atoms with Crippen LogP contribution in [0.3, 0.4) is 0 Å². The molecule has 0 radical (unpaired) electrons. The fraction of sp³-hybridized carbons (Fsp3) is 0.556. The Morgan fingerprint density at radius 3 is 2.83 bits per heavy atom. The van der Waals surface area contributed by atoms with E-state index in [1.807, 2.05) is 18.2 Å². The Balaban J connectivity index is 1.60. The van der Waals surface area contributed by atoms with Crippen molar-refractivity contribution in [2.45, 2.75) is 18.9 Å². The van der Waals surface area contributed by atoms with Gasteiger partial charge in [0.1, 0.15) is 18.1 Å². The summed E-state index contributed by atoms with van der Waals surface area (Å²) in [6.45, 7) is 3.27. The summed E-state index contributed by atoms with van der Waals surface area (Å²) in [5.74, 6) is 1.96. The van der Waals surface area contributed by atoms with Gasteiger partial charge in [-0.15, -0.1) is 0 Å². The minimum absolute atomic E-state index is 0.137. The summed E-state index contributed by atoms with van der Waals surface area (Å²) in [6.07, 6.45) is 3.48. The van der Waals surface area contributed by atoms with Crippen LogP contribution in [0.2, 0.25) is 0 Å². The molecule has 23 heavy (non-hydrogen) atoms. The summed E-state index contributed by atoms with van der Waals surface area (Å²) in [4.78, 5) is 2.39. The van der Waals surface area contributed by atoms with Crippen LogP contribution < -0.4 is 9.47 Å². The number of aliphatic hydroxyl groups excluding tert-OH is 2. The lowest BCUT2D eigenvalue weighted by Crippen LogP contribution is -2.40. The number of aliphatic hydroxyl groups is 2. The zero-order valence-electron chi connectivity index (χ0n) is 13.6. The molecule has 2 aliphatic rings. The van der Waals surface area contributed by atoms with Crippen molar-refractivity contribution in [3.05, 3.63) is 29.3 Å². The largest absolute Gasteiger partial charge is 0.497 e. The average Bonchev–Trinajstić information content (AvgIpc) is 2.61. The molecule has 0 saturated carbocycles. The van der Waals surface area contributed by atoms with Crippen LogP contribution >= 0.6 is 0 Å². The Labute approximate surface area is 137 Å². The zero-order valence-corrected chi connectivity index (χ0v) is 13.6. The number of likely N-dealkylation sites (tertiary alicyclic amines) is 1. The Kier molecular flexibility index (Phi) is 5.20. The predicted molar refractivity (Wildman–Crippen MR) is 88.7 cm³/mol. The zero-order chi connectivity index (χ0) is 16.2. The number of nitrogens with zero attached hydrogens (tertiary/aromatic N) is 1. The average molecular weight is 319 g/mol. The second kappa shape index (κ2) is 7.34. The molecule has 0 aromatic heterocycles. The molecular weight excluding hydrogens is 294 g/mol. The number of piperidine rings is 1. The smallest absolute Gasteiger partial charge is 0.127 e. The maximum Gasteiger partial charge on any atom is 0.127 e. The van der Waals surface area contributed by atoms with Crippen LogP contribution in [0.1, 0.15) is 18.4 Å². The molecular formula is C18H25NO4. The van der Waals surface area contributed by atoms with Gasteiger partial charge in [-0.25, -0.2) is 0 Å². The molecule has 0 amide bonds. The molecule has 5 heteroatoms. The van der Waals surface area contributed by atoms with Crippen LogP contribution in [0.4, 0.5) is 0 Å². The van der Waals surface area contributed by atoms with Crippen molar-refractivity contribution >= 4 is 6.08 Å². The van der Waals surface area contributed by atoms with Gasteiger partial charge in [0.25, 0.3) is 0 Å². The highest BCUT2D eigenvalue weighted by Crippen LogP contribution is 2.30. The Hall–Kier alpha value is -1.56. The molecule has 5 nitrogen and oxygen atoms in total. The molecule has 2 N–H and O–H groups in total. The van der Waals surface area contributed by atoms with Crippen LogP contribution in [0.15, 0.2) is 23.8 Å². The number of benzene rings is 1. The van der Waals surface area contributed by atoms with E-state index in [1.165, 1.54) is 5.57 Å². The van der Waals surface area contributed by atoms with Crippen LogP contribution in [0.25, 0.3) is 6.08 Å². The van der Waals surface area contributed by atoms with E-state index in [1.54, 1.807) is 7.11 Å². The van der Waals surface area contributed by atoms with Gasteiger partial charge in [-0.3, -0.25) is 4.90 Å². The third-order valence-electron chi connectivity index (χ3n) is 4.78. The quantitative estimate of drug-likeness (QED) is 0.862. The Morgan fingerprint density at radius 2 is 2.13 bits per heavy atom. The molecule has 0 aliphatic carbocycles. The second-order valence-corrected chi connectivity index (χ2v) is 6.36. The van der Waals surface area contributed by atoms with Crippen LogP contribution in [-0.4, -0.2) is 61.2 Å². The number of methoxy groups -OCH3 is 1. The van der Waals surface area contributed by atoms with Gasteiger partial charge in [-0.05, 0) is 61.7 Å². The molecule has 126 valence electrons. The third-order valence-corrected chi connectivity index (χ3v) is 4.78. The molecule has 1 fully saturated rings. The first-order valence-corrected chi connectivity index (χ1v) is 8.21. The van der Waals surface area contributed by atoms with Gasteiger partial charge in [0, 0.05) is 12.1 Å². The molecule has 1 atom stereocenters. The monoisotopic (exact) mass is 319 g/mol. The lowest BCUT2D eigenvalue weighted by atomic mass is 9.91.